The van der Waals surface area contributed by atoms with Crippen LogP contribution in [0.2, 0.25) is 0 Å². The van der Waals surface area contributed by atoms with Crippen LogP contribution in [0.25, 0.3) is 0 Å². The maximum Gasteiger partial charge on any atom is 0.255 e. The third kappa shape index (κ3) is 2.96. The van der Waals surface area contributed by atoms with Gasteiger partial charge in [-0.15, -0.1) is 0 Å². The van der Waals surface area contributed by atoms with Gasteiger partial charge in [0.2, 0.25) is 5.91 Å². The summed E-state index contributed by atoms with van der Waals surface area (Å²) in [7, 11) is 1.47. The van der Waals surface area contributed by atoms with Crippen LogP contribution >= 0.6 is 0 Å². The molecule has 0 bridgehead atoms. The Bertz CT molecular complexity index is 502. The van der Waals surface area contributed by atoms with Crippen molar-refractivity contribution in [3.63, 3.8) is 0 Å². The van der Waals surface area contributed by atoms with Crippen molar-refractivity contribution in [3.8, 4) is 5.75 Å². The van der Waals surface area contributed by atoms with E-state index in [9.17, 15) is 9.59 Å². The molecule has 1 atom stereocenters. The predicted octanol–water partition coefficient (Wildman–Crippen LogP) is 0.286. The molecule has 1 aromatic rings. The zero-order chi connectivity index (χ0) is 13.8. The fraction of sp³-hybridized carbons (Fsp3) is 0.385. The lowest BCUT2D eigenvalue weighted by Crippen LogP contribution is -2.50. The molecule has 1 aliphatic heterocycles. The molecule has 102 valence electrons. The molecule has 1 aliphatic rings. The van der Waals surface area contributed by atoms with Crippen LogP contribution in [0.5, 0.6) is 5.75 Å². The highest BCUT2D eigenvalue weighted by Crippen LogP contribution is 2.21. The number of hydrogen-bond acceptors (Lipinski definition) is 4. The summed E-state index contributed by atoms with van der Waals surface area (Å²) in [4.78, 5) is 23.7. The lowest BCUT2D eigenvalue weighted by atomic mass is 10.1. The van der Waals surface area contributed by atoms with Crippen molar-refractivity contribution in [2.45, 2.75) is 18.9 Å². The van der Waals surface area contributed by atoms with Crippen molar-refractivity contribution < 1.29 is 14.3 Å². The first-order valence-corrected chi connectivity index (χ1v) is 6.14. The van der Waals surface area contributed by atoms with Crippen LogP contribution in [-0.2, 0) is 4.79 Å². The third-order valence-electron chi connectivity index (χ3n) is 3.06. The number of anilines is 1. The highest BCUT2D eigenvalue weighted by atomic mass is 16.5. The summed E-state index contributed by atoms with van der Waals surface area (Å²) in [5.74, 6) is -0.0818. The lowest BCUT2D eigenvalue weighted by molar-refractivity contribution is -0.124. The molecule has 2 amide bonds. The van der Waals surface area contributed by atoms with Crippen molar-refractivity contribution in [1.29, 1.82) is 0 Å². The van der Waals surface area contributed by atoms with Gasteiger partial charge in [0, 0.05) is 18.3 Å². The van der Waals surface area contributed by atoms with E-state index >= 15 is 0 Å². The molecule has 2 rings (SSSR count). The van der Waals surface area contributed by atoms with Crippen molar-refractivity contribution in [2.24, 2.45) is 0 Å². The molecular weight excluding hydrogens is 246 g/mol. The Labute approximate surface area is 111 Å². The van der Waals surface area contributed by atoms with E-state index in [-0.39, 0.29) is 11.8 Å². The summed E-state index contributed by atoms with van der Waals surface area (Å²) >= 11 is 0. The molecule has 1 saturated heterocycles. The summed E-state index contributed by atoms with van der Waals surface area (Å²) in [6, 6.07) is 4.31. The van der Waals surface area contributed by atoms with Crippen LogP contribution in [0.15, 0.2) is 18.2 Å². The molecule has 4 N–H and O–H groups in total. The van der Waals surface area contributed by atoms with E-state index < -0.39 is 6.04 Å². The van der Waals surface area contributed by atoms with Crippen LogP contribution in [0.3, 0.4) is 0 Å². The lowest BCUT2D eigenvalue weighted by Gasteiger charge is -2.23. The Kier molecular flexibility index (Phi) is 3.89. The van der Waals surface area contributed by atoms with Crippen LogP contribution in [0.1, 0.15) is 23.2 Å². The topological polar surface area (TPSA) is 93.4 Å². The number of methoxy groups -OCH3 is 1. The fourth-order valence-corrected chi connectivity index (χ4v) is 2.04. The third-order valence-corrected chi connectivity index (χ3v) is 3.06. The molecule has 0 aliphatic carbocycles. The fourth-order valence-electron chi connectivity index (χ4n) is 2.04. The quantitative estimate of drug-likeness (QED) is 0.683. The largest absolute Gasteiger partial charge is 0.496 e. The van der Waals surface area contributed by atoms with E-state index in [0.717, 1.165) is 6.42 Å². The van der Waals surface area contributed by atoms with Gasteiger partial charge in [0.15, 0.2) is 0 Å². The van der Waals surface area contributed by atoms with Crippen LogP contribution in [0.4, 0.5) is 5.69 Å². The van der Waals surface area contributed by atoms with Crippen molar-refractivity contribution in [2.75, 3.05) is 19.4 Å². The second kappa shape index (κ2) is 5.60. The van der Waals surface area contributed by atoms with Crippen LogP contribution < -0.4 is 21.1 Å². The number of carbonyl (C=O) groups is 2. The summed E-state index contributed by atoms with van der Waals surface area (Å²) in [5, 5.41) is 5.43. The van der Waals surface area contributed by atoms with Gasteiger partial charge in [-0.2, -0.15) is 0 Å². The van der Waals surface area contributed by atoms with Gasteiger partial charge in [-0.3, -0.25) is 9.59 Å². The number of rotatable bonds is 3. The van der Waals surface area contributed by atoms with Gasteiger partial charge in [0.25, 0.3) is 5.91 Å². The van der Waals surface area contributed by atoms with Gasteiger partial charge in [-0.1, -0.05) is 0 Å². The summed E-state index contributed by atoms with van der Waals surface area (Å²) < 4.78 is 5.12. The van der Waals surface area contributed by atoms with E-state index in [1.807, 2.05) is 0 Å². The Morgan fingerprint density at radius 3 is 3.00 bits per heavy atom. The molecule has 0 aromatic heterocycles. The number of amides is 2. The number of piperidine rings is 1. The first-order valence-electron chi connectivity index (χ1n) is 6.14. The first-order chi connectivity index (χ1) is 9.11. The van der Waals surface area contributed by atoms with E-state index in [1.54, 1.807) is 18.2 Å². The zero-order valence-corrected chi connectivity index (χ0v) is 10.7. The van der Waals surface area contributed by atoms with E-state index in [1.165, 1.54) is 7.11 Å². The maximum atomic E-state index is 12.1. The van der Waals surface area contributed by atoms with E-state index in [0.29, 0.717) is 30.0 Å². The van der Waals surface area contributed by atoms with Gasteiger partial charge < -0.3 is 21.1 Å². The Hall–Kier alpha value is -2.24. The van der Waals surface area contributed by atoms with E-state index in [4.69, 9.17) is 10.5 Å². The molecule has 6 heteroatoms. The molecule has 1 aromatic carbocycles. The second-order valence-electron chi connectivity index (χ2n) is 4.42. The average Bonchev–Trinajstić information content (AvgIpc) is 2.41. The van der Waals surface area contributed by atoms with Crippen LogP contribution in [0, 0.1) is 0 Å². The number of benzene rings is 1. The Balaban J connectivity index is 2.13. The minimum absolute atomic E-state index is 0.144. The van der Waals surface area contributed by atoms with Crippen molar-refractivity contribution in [1.82, 2.24) is 10.6 Å². The molecule has 0 saturated carbocycles. The maximum absolute atomic E-state index is 12.1. The molecule has 0 spiro atoms. The van der Waals surface area contributed by atoms with Gasteiger partial charge in [-0.25, -0.2) is 0 Å². The summed E-state index contributed by atoms with van der Waals surface area (Å²) in [6.07, 6.45) is 1.50. The Morgan fingerprint density at radius 1 is 1.53 bits per heavy atom. The van der Waals surface area contributed by atoms with Gasteiger partial charge in [0.1, 0.15) is 11.8 Å². The summed E-state index contributed by atoms with van der Waals surface area (Å²) in [5.41, 5.74) is 6.52. The van der Waals surface area contributed by atoms with Gasteiger partial charge in [0.05, 0.1) is 12.7 Å². The molecular formula is C13H17N3O3. The smallest absolute Gasteiger partial charge is 0.255 e. The van der Waals surface area contributed by atoms with Gasteiger partial charge in [-0.05, 0) is 25.0 Å². The second-order valence-corrected chi connectivity index (χ2v) is 4.42. The number of hydrogen-bond donors (Lipinski definition) is 3. The molecule has 6 nitrogen and oxygen atoms in total. The first kappa shape index (κ1) is 13.2. The minimum Gasteiger partial charge on any atom is -0.496 e. The number of ether oxygens (including phenoxy) is 1. The number of nitrogen functional groups attached to an aromatic ring is 1. The highest BCUT2D eigenvalue weighted by Gasteiger charge is 2.25. The number of nitrogens with one attached hydrogen (secondary N) is 2. The van der Waals surface area contributed by atoms with Gasteiger partial charge >= 0.3 is 0 Å². The average molecular weight is 263 g/mol. The molecule has 0 radical (unpaired) electrons. The van der Waals surface area contributed by atoms with E-state index in [2.05, 4.69) is 10.6 Å². The predicted molar refractivity (Wildman–Crippen MR) is 70.9 cm³/mol. The molecule has 19 heavy (non-hydrogen) atoms. The number of nitrogens with two attached hydrogens (primary N) is 1. The normalized spacial score (nSPS) is 18.6. The Morgan fingerprint density at radius 2 is 2.32 bits per heavy atom. The van der Waals surface area contributed by atoms with Crippen LogP contribution in [-0.4, -0.2) is 31.5 Å². The highest BCUT2D eigenvalue weighted by molar-refractivity contribution is 6.00. The zero-order valence-electron chi connectivity index (χ0n) is 10.7. The van der Waals surface area contributed by atoms with Crippen molar-refractivity contribution in [3.05, 3.63) is 23.8 Å². The molecule has 1 fully saturated rings. The number of carbonyl (C=O) groups excluding carboxylic acids is 2. The van der Waals surface area contributed by atoms with Crippen molar-refractivity contribution >= 4 is 17.5 Å². The molecule has 1 unspecified atom stereocenters. The summed E-state index contributed by atoms with van der Waals surface area (Å²) in [6.45, 7) is 0.663. The standard InChI is InChI=1S/C13H17N3O3/c1-19-11-7-8(14)4-5-9(11)12(17)16-10-3-2-6-15-13(10)18/h4-5,7,10H,2-3,6,14H2,1H3,(H,15,18)(H,16,17). The monoisotopic (exact) mass is 263 g/mol. The SMILES string of the molecule is COc1cc(N)ccc1C(=O)NC1CCCNC1=O. The molecule has 1 heterocycles. The minimum atomic E-state index is -0.483.